The Morgan fingerprint density at radius 1 is 1.00 bits per heavy atom. The number of anilines is 1. The lowest BCUT2D eigenvalue weighted by atomic mass is 9.95. The molecule has 1 aliphatic rings. The van der Waals surface area contributed by atoms with E-state index >= 15 is 0 Å². The summed E-state index contributed by atoms with van der Waals surface area (Å²) in [5, 5.41) is 5.34. The molecule has 2 N–H and O–H groups in total. The molecule has 1 aliphatic carbocycles. The highest BCUT2D eigenvalue weighted by molar-refractivity contribution is 6.04. The minimum Gasteiger partial charge on any atom is -0.349 e. The summed E-state index contributed by atoms with van der Waals surface area (Å²) in [6.07, 6.45) is 2.01. The van der Waals surface area contributed by atoms with E-state index in [1.165, 1.54) is 36.9 Å². The van der Waals surface area contributed by atoms with Crippen LogP contribution in [-0.2, 0) is 6.18 Å². The number of hydrogen-bond acceptors (Lipinski definition) is 3. The third kappa shape index (κ3) is 5.09. The summed E-state index contributed by atoms with van der Waals surface area (Å²) in [5.74, 6) is -0.978. The number of amides is 2. The first-order valence-corrected chi connectivity index (χ1v) is 9.08. The number of carbonyl (C=O) groups excluding carboxylic acids is 2. The van der Waals surface area contributed by atoms with E-state index < -0.39 is 17.6 Å². The van der Waals surface area contributed by atoms with Gasteiger partial charge in [-0.3, -0.25) is 14.6 Å². The van der Waals surface area contributed by atoms with Crippen LogP contribution in [0.5, 0.6) is 0 Å². The normalized spacial score (nSPS) is 15.1. The largest absolute Gasteiger partial charge is 0.416 e. The van der Waals surface area contributed by atoms with E-state index in [1.807, 2.05) is 0 Å². The average Bonchev–Trinajstić information content (AvgIpc) is 2.68. The molecule has 2 amide bonds. The van der Waals surface area contributed by atoms with E-state index in [-0.39, 0.29) is 28.9 Å². The number of hydrogen-bond donors (Lipinski definition) is 2. The van der Waals surface area contributed by atoms with Gasteiger partial charge in [-0.15, -0.1) is 0 Å². The summed E-state index contributed by atoms with van der Waals surface area (Å²) in [5.41, 5.74) is -0.624. The monoisotopic (exact) mass is 391 g/mol. The number of pyridine rings is 1. The van der Waals surface area contributed by atoms with Crippen LogP contribution in [0.25, 0.3) is 0 Å². The molecule has 1 saturated carbocycles. The number of benzene rings is 1. The highest BCUT2D eigenvalue weighted by Crippen LogP contribution is 2.30. The summed E-state index contributed by atoms with van der Waals surface area (Å²) in [4.78, 5) is 28.7. The Hall–Kier alpha value is -2.90. The molecule has 0 aliphatic heterocycles. The van der Waals surface area contributed by atoms with Crippen molar-refractivity contribution in [1.29, 1.82) is 0 Å². The summed E-state index contributed by atoms with van der Waals surface area (Å²) in [6.45, 7) is 0. The Morgan fingerprint density at radius 2 is 1.75 bits per heavy atom. The minimum absolute atomic E-state index is 0.00122. The molecule has 1 heterocycles. The van der Waals surface area contributed by atoms with Crippen molar-refractivity contribution in [1.82, 2.24) is 10.3 Å². The van der Waals surface area contributed by atoms with Gasteiger partial charge >= 0.3 is 6.18 Å². The van der Waals surface area contributed by atoms with Gasteiger partial charge in [-0.25, -0.2) is 0 Å². The second-order valence-corrected chi connectivity index (χ2v) is 6.77. The molecular weight excluding hydrogens is 371 g/mol. The lowest BCUT2D eigenvalue weighted by Gasteiger charge is -2.22. The molecule has 28 heavy (non-hydrogen) atoms. The van der Waals surface area contributed by atoms with Gasteiger partial charge in [-0.2, -0.15) is 13.2 Å². The highest BCUT2D eigenvalue weighted by atomic mass is 19.4. The summed E-state index contributed by atoms with van der Waals surface area (Å²) in [7, 11) is 0. The van der Waals surface area contributed by atoms with Crippen molar-refractivity contribution >= 4 is 17.5 Å². The maximum Gasteiger partial charge on any atom is 0.416 e. The fourth-order valence-electron chi connectivity index (χ4n) is 3.18. The number of carbonyl (C=O) groups is 2. The number of nitrogens with one attached hydrogen (secondary N) is 2. The van der Waals surface area contributed by atoms with E-state index in [0.29, 0.717) is 0 Å². The third-order valence-corrected chi connectivity index (χ3v) is 4.64. The highest BCUT2D eigenvalue weighted by Gasteiger charge is 2.30. The van der Waals surface area contributed by atoms with Crippen molar-refractivity contribution in [3.05, 3.63) is 59.4 Å². The SMILES string of the molecule is O=C(NC1CCCCC1)c1ccnc(C(=O)Nc2cccc(C(F)(F)F)c2)c1. The molecule has 0 atom stereocenters. The molecule has 1 fully saturated rings. The van der Waals surface area contributed by atoms with Crippen molar-refractivity contribution in [3.8, 4) is 0 Å². The maximum atomic E-state index is 12.8. The first-order valence-electron chi connectivity index (χ1n) is 9.08. The van der Waals surface area contributed by atoms with Gasteiger partial charge in [-0.1, -0.05) is 25.3 Å². The van der Waals surface area contributed by atoms with Crippen LogP contribution in [0, 0.1) is 0 Å². The molecular formula is C20H20F3N3O2. The van der Waals surface area contributed by atoms with Crippen LogP contribution in [0.2, 0.25) is 0 Å². The molecule has 1 aromatic carbocycles. The van der Waals surface area contributed by atoms with E-state index in [1.54, 1.807) is 0 Å². The Morgan fingerprint density at radius 3 is 2.46 bits per heavy atom. The third-order valence-electron chi connectivity index (χ3n) is 4.64. The van der Waals surface area contributed by atoms with Gasteiger partial charge in [-0.05, 0) is 43.2 Å². The Bertz CT molecular complexity index is 862. The number of aromatic nitrogens is 1. The fraction of sp³-hybridized carbons (Fsp3) is 0.350. The number of rotatable bonds is 4. The zero-order valence-electron chi connectivity index (χ0n) is 15.1. The van der Waals surface area contributed by atoms with Crippen LogP contribution < -0.4 is 10.6 Å². The molecule has 0 unspecified atom stereocenters. The van der Waals surface area contributed by atoms with Crippen molar-refractivity contribution in [2.75, 3.05) is 5.32 Å². The predicted octanol–water partition coefficient (Wildman–Crippen LogP) is 4.42. The molecule has 1 aromatic heterocycles. The lowest BCUT2D eigenvalue weighted by molar-refractivity contribution is -0.137. The molecule has 3 rings (SSSR count). The summed E-state index contributed by atoms with van der Waals surface area (Å²) >= 11 is 0. The molecule has 0 spiro atoms. The molecule has 0 saturated heterocycles. The van der Waals surface area contributed by atoms with Gasteiger partial charge in [0.15, 0.2) is 0 Å². The van der Waals surface area contributed by atoms with Crippen LogP contribution in [0.3, 0.4) is 0 Å². The van der Waals surface area contributed by atoms with Gasteiger partial charge in [0, 0.05) is 23.5 Å². The fourth-order valence-corrected chi connectivity index (χ4v) is 3.18. The molecule has 5 nitrogen and oxygen atoms in total. The lowest BCUT2D eigenvalue weighted by Crippen LogP contribution is -2.36. The Balaban J connectivity index is 1.69. The van der Waals surface area contributed by atoms with Gasteiger partial charge in [0.05, 0.1) is 5.56 Å². The first-order chi connectivity index (χ1) is 13.3. The first kappa shape index (κ1) is 19.9. The second-order valence-electron chi connectivity index (χ2n) is 6.77. The zero-order valence-corrected chi connectivity index (χ0v) is 15.1. The minimum atomic E-state index is -4.50. The van der Waals surface area contributed by atoms with Crippen LogP contribution in [0.15, 0.2) is 42.6 Å². The van der Waals surface area contributed by atoms with Crippen molar-refractivity contribution in [3.63, 3.8) is 0 Å². The van der Waals surface area contributed by atoms with Gasteiger partial charge in [0.25, 0.3) is 11.8 Å². The zero-order chi connectivity index (χ0) is 20.1. The summed E-state index contributed by atoms with van der Waals surface area (Å²) in [6, 6.07) is 7.28. The average molecular weight is 391 g/mol. The molecule has 0 bridgehead atoms. The standard InChI is InChI=1S/C20H20F3N3O2/c21-20(22,23)14-5-4-8-16(12-14)26-19(28)17-11-13(9-10-24-17)18(27)25-15-6-2-1-3-7-15/h4-5,8-12,15H,1-3,6-7H2,(H,25,27)(H,26,28). The van der Waals surface area contributed by atoms with Crippen LogP contribution >= 0.6 is 0 Å². The smallest absolute Gasteiger partial charge is 0.349 e. The van der Waals surface area contributed by atoms with Gasteiger partial charge < -0.3 is 10.6 Å². The number of nitrogens with zero attached hydrogens (tertiary/aromatic N) is 1. The van der Waals surface area contributed by atoms with E-state index in [2.05, 4.69) is 15.6 Å². The topological polar surface area (TPSA) is 71.1 Å². The Labute approximate surface area is 160 Å². The van der Waals surface area contributed by atoms with E-state index in [0.717, 1.165) is 37.8 Å². The molecule has 0 radical (unpaired) electrons. The van der Waals surface area contributed by atoms with Crippen LogP contribution in [0.1, 0.15) is 58.5 Å². The maximum absolute atomic E-state index is 12.8. The van der Waals surface area contributed by atoms with Crippen LogP contribution in [0.4, 0.5) is 18.9 Å². The van der Waals surface area contributed by atoms with Gasteiger partial charge in [0.1, 0.15) is 5.69 Å². The number of alkyl halides is 3. The van der Waals surface area contributed by atoms with E-state index in [9.17, 15) is 22.8 Å². The van der Waals surface area contributed by atoms with Crippen molar-refractivity contribution in [2.45, 2.75) is 44.3 Å². The molecule has 148 valence electrons. The molecule has 2 aromatic rings. The van der Waals surface area contributed by atoms with Crippen molar-refractivity contribution in [2.24, 2.45) is 0 Å². The van der Waals surface area contributed by atoms with Crippen LogP contribution in [-0.4, -0.2) is 22.8 Å². The second kappa shape index (κ2) is 8.41. The Kier molecular flexibility index (Phi) is 5.96. The quantitative estimate of drug-likeness (QED) is 0.811. The summed E-state index contributed by atoms with van der Waals surface area (Å²) < 4.78 is 38.4. The van der Waals surface area contributed by atoms with Crippen molar-refractivity contribution < 1.29 is 22.8 Å². The predicted molar refractivity (Wildman–Crippen MR) is 98.0 cm³/mol. The van der Waals surface area contributed by atoms with Gasteiger partial charge in [0.2, 0.25) is 0 Å². The van der Waals surface area contributed by atoms with E-state index in [4.69, 9.17) is 0 Å². The number of halogens is 3. The molecule has 8 heteroatoms.